The first kappa shape index (κ1) is 27.5. The molecule has 2 aromatic heterocycles. The van der Waals surface area contributed by atoms with Crippen LogP contribution in [0.1, 0.15) is 25.8 Å². The predicted octanol–water partition coefficient (Wildman–Crippen LogP) is 6.72. The first-order valence-electron chi connectivity index (χ1n) is 14.0. The average molecular weight is 595 g/mol. The van der Waals surface area contributed by atoms with Crippen molar-refractivity contribution in [2.75, 3.05) is 11.4 Å². The van der Waals surface area contributed by atoms with Gasteiger partial charge in [-0.25, -0.2) is 0 Å². The molecule has 3 aromatic carbocycles. The summed E-state index contributed by atoms with van der Waals surface area (Å²) in [6, 6.07) is 29.7. The molecule has 0 spiro atoms. The summed E-state index contributed by atoms with van der Waals surface area (Å²) in [5.74, 6) is 0. The van der Waals surface area contributed by atoms with E-state index in [0.717, 1.165) is 32.3 Å². The Morgan fingerprint density at radius 2 is 1.46 bits per heavy atom. The number of fused-ring (bicyclic) bond motifs is 1. The Morgan fingerprint density at radius 1 is 0.780 bits per heavy atom. The number of allylic oxidation sites excluding steroid dienone is 1. The third-order valence-electron chi connectivity index (χ3n) is 7.19. The molecule has 41 heavy (non-hydrogen) atoms. The van der Waals surface area contributed by atoms with Crippen LogP contribution in [-0.2, 0) is 13.1 Å². The number of benzene rings is 3. The van der Waals surface area contributed by atoms with Gasteiger partial charge in [0.05, 0.1) is 21.3 Å². The Balaban J connectivity index is 1.49. The van der Waals surface area contributed by atoms with Gasteiger partial charge < -0.3 is 4.90 Å². The first-order valence-corrected chi connectivity index (χ1v) is 16.4. The molecule has 0 unspecified atom stereocenters. The number of para-hydroxylation sites is 1. The summed E-state index contributed by atoms with van der Waals surface area (Å²) >= 11 is 5.11. The SMILES string of the molecule is CCN1C(=C/C=c2/sc(=Cc3sc(-c4ccccc4)c(-c4ccccc4)[n+]3CC)n(CC)c2=O)Sc2ccccc21. The number of hydrogen-bond donors (Lipinski definition) is 0. The van der Waals surface area contributed by atoms with Crippen molar-refractivity contribution in [1.29, 1.82) is 0 Å². The molecule has 6 rings (SSSR count). The molecular formula is C34H32N3OS3+. The van der Waals surface area contributed by atoms with Gasteiger partial charge in [-0.3, -0.25) is 9.36 Å². The van der Waals surface area contributed by atoms with Gasteiger partial charge >= 0.3 is 0 Å². The second-order valence-electron chi connectivity index (χ2n) is 9.58. The number of aromatic nitrogens is 2. The van der Waals surface area contributed by atoms with Gasteiger partial charge in [0.25, 0.3) is 10.6 Å². The lowest BCUT2D eigenvalue weighted by Gasteiger charge is -2.17. The van der Waals surface area contributed by atoms with Gasteiger partial charge in [0.2, 0.25) is 5.69 Å². The lowest BCUT2D eigenvalue weighted by atomic mass is 10.1. The van der Waals surface area contributed by atoms with Gasteiger partial charge in [-0.2, -0.15) is 4.57 Å². The van der Waals surface area contributed by atoms with E-state index >= 15 is 0 Å². The Bertz CT molecular complexity index is 1900. The normalized spacial score (nSPS) is 14.8. The molecule has 0 N–H and O–H groups in total. The van der Waals surface area contributed by atoms with Gasteiger partial charge in [-0.05, 0) is 62.8 Å². The zero-order valence-electron chi connectivity index (χ0n) is 23.4. The Kier molecular flexibility index (Phi) is 8.10. The maximum atomic E-state index is 13.5. The quantitative estimate of drug-likeness (QED) is 0.196. The molecular weight excluding hydrogens is 563 g/mol. The maximum Gasteiger partial charge on any atom is 0.269 e. The van der Waals surface area contributed by atoms with E-state index in [9.17, 15) is 4.79 Å². The summed E-state index contributed by atoms with van der Waals surface area (Å²) < 4.78 is 6.00. The molecule has 0 saturated heterocycles. The van der Waals surface area contributed by atoms with Crippen molar-refractivity contribution >= 4 is 52.3 Å². The Morgan fingerprint density at radius 3 is 2.15 bits per heavy atom. The fourth-order valence-electron chi connectivity index (χ4n) is 5.24. The average Bonchev–Trinajstić information content (AvgIpc) is 3.67. The molecule has 0 radical (unpaired) electrons. The summed E-state index contributed by atoms with van der Waals surface area (Å²) in [7, 11) is 0. The number of nitrogens with zero attached hydrogens (tertiary/aromatic N) is 3. The second kappa shape index (κ2) is 12.1. The third-order valence-corrected chi connectivity index (χ3v) is 10.6. The summed E-state index contributed by atoms with van der Waals surface area (Å²) in [4.78, 5) is 18.3. The van der Waals surface area contributed by atoms with E-state index in [2.05, 4.69) is 120 Å². The van der Waals surface area contributed by atoms with Crippen LogP contribution in [0.15, 0.2) is 106 Å². The van der Waals surface area contributed by atoms with Crippen LogP contribution in [0.3, 0.4) is 0 Å². The molecule has 0 bridgehead atoms. The summed E-state index contributed by atoms with van der Waals surface area (Å²) in [6.07, 6.45) is 6.30. The first-order chi connectivity index (χ1) is 20.1. The van der Waals surface area contributed by atoms with Crippen LogP contribution in [0.2, 0.25) is 0 Å². The highest BCUT2D eigenvalue weighted by Crippen LogP contribution is 2.45. The minimum Gasteiger partial charge on any atom is -0.335 e. The van der Waals surface area contributed by atoms with Crippen molar-refractivity contribution < 1.29 is 4.57 Å². The molecule has 0 amide bonds. The third kappa shape index (κ3) is 5.25. The van der Waals surface area contributed by atoms with E-state index in [-0.39, 0.29) is 5.56 Å². The predicted molar refractivity (Wildman–Crippen MR) is 176 cm³/mol. The molecule has 1 aliphatic heterocycles. The van der Waals surface area contributed by atoms with Crippen LogP contribution >= 0.6 is 34.4 Å². The summed E-state index contributed by atoms with van der Waals surface area (Å²) in [5, 5.41) is 2.29. The lowest BCUT2D eigenvalue weighted by molar-refractivity contribution is -0.679. The van der Waals surface area contributed by atoms with Gasteiger partial charge in [-0.1, -0.05) is 83.8 Å². The van der Waals surface area contributed by atoms with Crippen LogP contribution < -0.4 is 24.2 Å². The van der Waals surface area contributed by atoms with Gasteiger partial charge in [0, 0.05) is 23.5 Å². The number of thioether (sulfide) groups is 1. The van der Waals surface area contributed by atoms with E-state index in [1.165, 1.54) is 32.3 Å². The number of hydrogen-bond acceptors (Lipinski definition) is 5. The van der Waals surface area contributed by atoms with E-state index < -0.39 is 0 Å². The van der Waals surface area contributed by atoms with Crippen molar-refractivity contribution in [2.45, 2.75) is 38.8 Å². The monoisotopic (exact) mass is 594 g/mol. The highest BCUT2D eigenvalue weighted by atomic mass is 32.2. The fraction of sp³-hybridized carbons (Fsp3) is 0.176. The molecule has 3 heterocycles. The van der Waals surface area contributed by atoms with Gasteiger partial charge in [0.1, 0.15) is 16.1 Å². The summed E-state index contributed by atoms with van der Waals surface area (Å²) in [5.41, 5.74) is 4.91. The Labute approximate surface area is 252 Å². The smallest absolute Gasteiger partial charge is 0.269 e. The zero-order valence-corrected chi connectivity index (χ0v) is 25.9. The van der Waals surface area contributed by atoms with E-state index in [4.69, 9.17) is 0 Å². The second-order valence-corrected chi connectivity index (χ2v) is 12.7. The zero-order chi connectivity index (χ0) is 28.3. The van der Waals surface area contributed by atoms with Crippen LogP contribution in [0, 0.1) is 0 Å². The molecule has 0 atom stereocenters. The molecule has 206 valence electrons. The van der Waals surface area contributed by atoms with Crippen molar-refractivity contribution in [3.8, 4) is 21.7 Å². The van der Waals surface area contributed by atoms with E-state index in [0.29, 0.717) is 6.54 Å². The van der Waals surface area contributed by atoms with Crippen molar-refractivity contribution in [3.63, 3.8) is 0 Å². The van der Waals surface area contributed by atoms with Crippen molar-refractivity contribution in [2.24, 2.45) is 0 Å². The minimum atomic E-state index is 0.0651. The maximum absolute atomic E-state index is 13.5. The van der Waals surface area contributed by atoms with Crippen LogP contribution in [0.5, 0.6) is 0 Å². The largest absolute Gasteiger partial charge is 0.335 e. The molecule has 0 aliphatic carbocycles. The van der Waals surface area contributed by atoms with Gasteiger partial charge in [0.15, 0.2) is 0 Å². The molecule has 0 fully saturated rings. The fourth-order valence-corrected chi connectivity index (χ4v) is 8.79. The number of anilines is 1. The van der Waals surface area contributed by atoms with Crippen LogP contribution in [0.25, 0.3) is 33.9 Å². The highest BCUT2D eigenvalue weighted by Gasteiger charge is 2.27. The standard InChI is InChI=1S/C34H32N3OS3/c1-4-35-26-19-13-14-20-27(26)39-29(35)22-21-28-34(38)37(6-3)31(40-28)23-30-36(5-2)32(24-15-9-7-10-16-24)33(41-30)25-17-11-8-12-18-25/h7-23H,4-6H2,1-3H3/q+1/b28-21+,29-22?. The highest BCUT2D eigenvalue weighted by molar-refractivity contribution is 8.03. The summed E-state index contributed by atoms with van der Waals surface area (Å²) in [6.45, 7) is 8.74. The molecule has 0 saturated carbocycles. The van der Waals surface area contributed by atoms with Crippen molar-refractivity contribution in [3.05, 3.63) is 121 Å². The topological polar surface area (TPSA) is 29.1 Å². The molecule has 1 aliphatic rings. The van der Waals surface area contributed by atoms with E-state index in [1.54, 1.807) is 34.4 Å². The Hall–Kier alpha value is -3.65. The molecule has 4 nitrogen and oxygen atoms in total. The minimum absolute atomic E-state index is 0.0651. The van der Waals surface area contributed by atoms with Gasteiger partial charge in [-0.15, -0.1) is 11.3 Å². The molecule has 5 aromatic rings. The number of thiazole rings is 2. The number of rotatable bonds is 7. The van der Waals surface area contributed by atoms with Crippen LogP contribution in [-0.4, -0.2) is 11.1 Å². The lowest BCUT2D eigenvalue weighted by Crippen LogP contribution is -2.36. The molecule has 7 heteroatoms. The van der Waals surface area contributed by atoms with Crippen LogP contribution in [0.4, 0.5) is 5.69 Å². The van der Waals surface area contributed by atoms with E-state index in [1.807, 2.05) is 17.6 Å². The van der Waals surface area contributed by atoms with Crippen molar-refractivity contribution in [1.82, 2.24) is 4.57 Å².